The standard InChI is InChI=1S/C19H35N3O/c1-4-6-7-8-9-10-11-12-13-19-21-15-17-22(19,5-2)16-14-20-18(3)23/h4,15,17,19,21H,1,5-14,16H2,2-3H3/p+1. The van der Waals surface area contributed by atoms with Gasteiger partial charge in [-0.3, -0.25) is 9.28 Å². The van der Waals surface area contributed by atoms with Crippen LogP contribution in [0.1, 0.15) is 65.2 Å². The predicted octanol–water partition coefficient (Wildman–Crippen LogP) is 3.67. The Morgan fingerprint density at radius 1 is 1.26 bits per heavy atom. The van der Waals surface area contributed by atoms with E-state index < -0.39 is 0 Å². The lowest BCUT2D eigenvalue weighted by Crippen LogP contribution is -2.55. The smallest absolute Gasteiger partial charge is 0.217 e. The highest BCUT2D eigenvalue weighted by atomic mass is 16.1. The summed E-state index contributed by atoms with van der Waals surface area (Å²) < 4.78 is 0.944. The summed E-state index contributed by atoms with van der Waals surface area (Å²) >= 11 is 0. The molecule has 0 aromatic carbocycles. The third kappa shape index (κ3) is 7.21. The molecule has 0 fully saturated rings. The summed E-state index contributed by atoms with van der Waals surface area (Å²) in [6, 6.07) is 0. The molecule has 0 aromatic heterocycles. The van der Waals surface area contributed by atoms with Crippen molar-refractivity contribution in [3.05, 3.63) is 25.1 Å². The summed E-state index contributed by atoms with van der Waals surface area (Å²) in [6.07, 6.45) is 17.1. The molecule has 1 amide bonds. The van der Waals surface area contributed by atoms with Crippen molar-refractivity contribution in [1.82, 2.24) is 10.6 Å². The SMILES string of the molecule is C=CCCCCCCCCC1NC=C[N+]1(CC)CCNC(C)=O. The number of amides is 1. The molecule has 0 aliphatic carbocycles. The second kappa shape index (κ2) is 11.3. The molecule has 4 heteroatoms. The van der Waals surface area contributed by atoms with Crippen LogP contribution in [0.5, 0.6) is 0 Å². The number of hydrogen-bond acceptors (Lipinski definition) is 2. The van der Waals surface area contributed by atoms with E-state index in [2.05, 4.69) is 36.5 Å². The van der Waals surface area contributed by atoms with Gasteiger partial charge in [-0.2, -0.15) is 0 Å². The highest BCUT2D eigenvalue weighted by molar-refractivity contribution is 5.72. The topological polar surface area (TPSA) is 41.1 Å². The van der Waals surface area contributed by atoms with Gasteiger partial charge in [0.1, 0.15) is 12.7 Å². The Hall–Kier alpha value is -1.29. The summed E-state index contributed by atoms with van der Waals surface area (Å²) in [5.41, 5.74) is 0. The number of carbonyl (C=O) groups excluding carboxylic acids is 1. The lowest BCUT2D eigenvalue weighted by molar-refractivity contribution is -0.898. The maximum absolute atomic E-state index is 11.1. The minimum absolute atomic E-state index is 0.0587. The molecule has 0 saturated carbocycles. The first-order valence-corrected chi connectivity index (χ1v) is 9.30. The van der Waals surface area contributed by atoms with Gasteiger partial charge < -0.3 is 10.6 Å². The maximum atomic E-state index is 11.1. The maximum Gasteiger partial charge on any atom is 0.217 e. The first kappa shape index (κ1) is 19.8. The average molecular weight is 323 g/mol. The molecular weight excluding hydrogens is 286 g/mol. The number of unbranched alkanes of at least 4 members (excludes halogenated alkanes) is 6. The van der Waals surface area contributed by atoms with Gasteiger partial charge in [-0.1, -0.05) is 31.8 Å². The van der Waals surface area contributed by atoms with Crippen molar-refractivity contribution in [1.29, 1.82) is 0 Å². The molecule has 4 nitrogen and oxygen atoms in total. The minimum atomic E-state index is 0.0587. The molecule has 132 valence electrons. The number of likely N-dealkylation sites (N-methyl/N-ethyl adjacent to an activating group) is 1. The number of rotatable bonds is 13. The molecule has 0 radical (unpaired) electrons. The summed E-state index contributed by atoms with van der Waals surface area (Å²) in [6.45, 7) is 10.4. The van der Waals surface area contributed by atoms with Crippen LogP contribution in [0.15, 0.2) is 25.1 Å². The Kier molecular flexibility index (Phi) is 9.69. The van der Waals surface area contributed by atoms with E-state index in [4.69, 9.17) is 0 Å². The van der Waals surface area contributed by atoms with Gasteiger partial charge in [0.15, 0.2) is 6.17 Å². The van der Waals surface area contributed by atoms with Crippen molar-refractivity contribution in [2.45, 2.75) is 71.4 Å². The van der Waals surface area contributed by atoms with E-state index in [9.17, 15) is 4.79 Å². The summed E-state index contributed by atoms with van der Waals surface area (Å²) in [7, 11) is 0. The molecule has 1 rings (SSSR count). The number of nitrogens with zero attached hydrogens (tertiary/aromatic N) is 1. The van der Waals surface area contributed by atoms with Gasteiger partial charge in [0.2, 0.25) is 5.91 Å². The van der Waals surface area contributed by atoms with E-state index in [0.717, 1.165) is 30.5 Å². The normalized spacial score (nSPS) is 22.8. The predicted molar refractivity (Wildman–Crippen MR) is 97.5 cm³/mol. The van der Waals surface area contributed by atoms with E-state index in [0.29, 0.717) is 6.17 Å². The molecule has 0 aromatic rings. The van der Waals surface area contributed by atoms with Crippen LogP contribution in [0.2, 0.25) is 0 Å². The molecule has 0 spiro atoms. The van der Waals surface area contributed by atoms with Crippen molar-refractivity contribution in [3.8, 4) is 0 Å². The monoisotopic (exact) mass is 322 g/mol. The van der Waals surface area contributed by atoms with E-state index in [1.165, 1.54) is 44.9 Å². The molecule has 2 unspecified atom stereocenters. The molecule has 0 bridgehead atoms. The fourth-order valence-electron chi connectivity index (χ4n) is 3.38. The van der Waals surface area contributed by atoms with Crippen LogP contribution in [0.4, 0.5) is 0 Å². The van der Waals surface area contributed by atoms with Gasteiger partial charge in [-0.15, -0.1) is 6.58 Å². The largest absolute Gasteiger partial charge is 0.351 e. The third-order valence-corrected chi connectivity index (χ3v) is 4.91. The van der Waals surface area contributed by atoms with Crippen molar-refractivity contribution in [3.63, 3.8) is 0 Å². The zero-order valence-corrected chi connectivity index (χ0v) is 15.2. The molecule has 2 atom stereocenters. The zero-order valence-electron chi connectivity index (χ0n) is 15.2. The summed E-state index contributed by atoms with van der Waals surface area (Å²) in [5, 5.41) is 6.45. The van der Waals surface area contributed by atoms with Crippen LogP contribution in [-0.2, 0) is 4.79 Å². The average Bonchev–Trinajstić information content (AvgIpc) is 2.93. The third-order valence-electron chi connectivity index (χ3n) is 4.91. The van der Waals surface area contributed by atoms with Crippen LogP contribution < -0.4 is 10.6 Å². The van der Waals surface area contributed by atoms with Crippen LogP contribution in [0.3, 0.4) is 0 Å². The molecule has 1 heterocycles. The highest BCUT2D eigenvalue weighted by Gasteiger charge is 2.36. The molecular formula is C19H36N3O+. The first-order valence-electron chi connectivity index (χ1n) is 9.30. The minimum Gasteiger partial charge on any atom is -0.351 e. The first-order chi connectivity index (χ1) is 11.1. The second-order valence-corrected chi connectivity index (χ2v) is 6.61. The summed E-state index contributed by atoms with van der Waals surface area (Å²) in [5.74, 6) is 0.0587. The zero-order chi connectivity index (χ0) is 17.0. The number of quaternary nitrogens is 1. The number of carbonyl (C=O) groups is 1. The van der Waals surface area contributed by atoms with Gasteiger partial charge in [0.25, 0.3) is 0 Å². The Bertz CT molecular complexity index is 381. The highest BCUT2D eigenvalue weighted by Crippen LogP contribution is 2.22. The van der Waals surface area contributed by atoms with E-state index in [1.54, 1.807) is 6.92 Å². The quantitative estimate of drug-likeness (QED) is 0.309. The molecule has 23 heavy (non-hydrogen) atoms. The van der Waals surface area contributed by atoms with E-state index in [1.807, 2.05) is 6.08 Å². The Labute approximate surface area is 142 Å². The van der Waals surface area contributed by atoms with Crippen LogP contribution in [0.25, 0.3) is 0 Å². The fourth-order valence-corrected chi connectivity index (χ4v) is 3.38. The fraction of sp³-hybridized carbons (Fsp3) is 0.737. The van der Waals surface area contributed by atoms with Gasteiger partial charge in [-0.05, 0) is 26.2 Å². The second-order valence-electron chi connectivity index (χ2n) is 6.61. The molecule has 1 aliphatic heterocycles. The number of hydrogen-bond donors (Lipinski definition) is 2. The lowest BCUT2D eigenvalue weighted by atomic mass is 10.1. The Balaban J connectivity index is 2.23. The van der Waals surface area contributed by atoms with Crippen molar-refractivity contribution in [2.75, 3.05) is 19.6 Å². The number of nitrogens with one attached hydrogen (secondary N) is 2. The van der Waals surface area contributed by atoms with Gasteiger partial charge in [-0.25, -0.2) is 0 Å². The molecule has 2 N–H and O–H groups in total. The van der Waals surface area contributed by atoms with Crippen LogP contribution >= 0.6 is 0 Å². The van der Waals surface area contributed by atoms with Gasteiger partial charge >= 0.3 is 0 Å². The Morgan fingerprint density at radius 2 is 1.96 bits per heavy atom. The van der Waals surface area contributed by atoms with Gasteiger partial charge in [0.05, 0.1) is 19.3 Å². The number of allylic oxidation sites excluding steroid dienone is 1. The van der Waals surface area contributed by atoms with Crippen LogP contribution in [0, 0.1) is 0 Å². The van der Waals surface area contributed by atoms with E-state index in [-0.39, 0.29) is 5.91 Å². The van der Waals surface area contributed by atoms with E-state index >= 15 is 0 Å². The van der Waals surface area contributed by atoms with Crippen molar-refractivity contribution in [2.24, 2.45) is 0 Å². The molecule has 0 saturated heterocycles. The van der Waals surface area contributed by atoms with Crippen molar-refractivity contribution < 1.29 is 9.28 Å². The van der Waals surface area contributed by atoms with Crippen molar-refractivity contribution >= 4 is 5.91 Å². The van der Waals surface area contributed by atoms with Gasteiger partial charge in [0, 0.05) is 13.3 Å². The van der Waals surface area contributed by atoms with Crippen LogP contribution in [-0.4, -0.2) is 36.2 Å². The summed E-state index contributed by atoms with van der Waals surface area (Å²) in [4.78, 5) is 11.1. The molecule has 1 aliphatic rings. The Morgan fingerprint density at radius 3 is 2.61 bits per heavy atom. The lowest BCUT2D eigenvalue weighted by Gasteiger charge is -2.37.